The Hall–Kier alpha value is -1.61. The molecule has 0 spiro atoms. The first kappa shape index (κ1) is 15.8. The van der Waals surface area contributed by atoms with Gasteiger partial charge >= 0.3 is 5.97 Å². The largest absolute Gasteiger partial charge is 0.461 e. The van der Waals surface area contributed by atoms with E-state index in [0.29, 0.717) is 17.5 Å². The SMILES string of the molecule is C=CC[C@]1(C(=O)OCC)CC[N+]1(C)[C@@H](C)c1ccccc1. The van der Waals surface area contributed by atoms with Crippen molar-refractivity contribution in [3.05, 3.63) is 48.6 Å². The summed E-state index contributed by atoms with van der Waals surface area (Å²) in [5, 5.41) is 0. The predicted octanol–water partition coefficient (Wildman–Crippen LogP) is 3.48. The van der Waals surface area contributed by atoms with E-state index in [1.54, 1.807) is 0 Å². The van der Waals surface area contributed by atoms with Crippen LogP contribution in [0.1, 0.15) is 38.3 Å². The molecule has 1 aliphatic heterocycles. The molecule has 0 amide bonds. The smallest absolute Gasteiger partial charge is 0.368 e. The van der Waals surface area contributed by atoms with Crippen LogP contribution in [0.25, 0.3) is 0 Å². The lowest BCUT2D eigenvalue weighted by atomic mass is 9.75. The van der Waals surface area contributed by atoms with E-state index < -0.39 is 5.54 Å². The molecule has 3 nitrogen and oxygen atoms in total. The van der Waals surface area contributed by atoms with Gasteiger partial charge in [-0.05, 0) is 13.8 Å². The lowest BCUT2D eigenvalue weighted by Crippen LogP contribution is -2.76. The van der Waals surface area contributed by atoms with Gasteiger partial charge in [-0.2, -0.15) is 0 Å². The first-order chi connectivity index (χ1) is 10.0. The molecule has 3 heteroatoms. The van der Waals surface area contributed by atoms with Crippen LogP contribution in [0.4, 0.5) is 0 Å². The number of likely N-dealkylation sites (N-methyl/N-ethyl adjacent to an activating group) is 1. The van der Waals surface area contributed by atoms with Crippen molar-refractivity contribution in [1.29, 1.82) is 0 Å². The maximum Gasteiger partial charge on any atom is 0.368 e. The Morgan fingerprint density at radius 1 is 1.48 bits per heavy atom. The number of carbonyl (C=O) groups is 1. The molecule has 0 bridgehead atoms. The van der Waals surface area contributed by atoms with Gasteiger partial charge in [-0.25, -0.2) is 4.79 Å². The molecule has 3 atom stereocenters. The molecule has 0 aromatic heterocycles. The molecule has 0 aliphatic carbocycles. The van der Waals surface area contributed by atoms with E-state index in [4.69, 9.17) is 4.74 Å². The average Bonchev–Trinajstić information content (AvgIpc) is 2.50. The Morgan fingerprint density at radius 3 is 2.62 bits per heavy atom. The Labute approximate surface area is 127 Å². The molecule has 1 saturated heterocycles. The van der Waals surface area contributed by atoms with Gasteiger partial charge in [0.15, 0.2) is 0 Å². The van der Waals surface area contributed by atoms with Crippen LogP contribution in [0.3, 0.4) is 0 Å². The zero-order valence-electron chi connectivity index (χ0n) is 13.3. The van der Waals surface area contributed by atoms with E-state index in [2.05, 4.69) is 44.8 Å². The molecule has 2 rings (SSSR count). The van der Waals surface area contributed by atoms with Crippen LogP contribution in [-0.4, -0.2) is 36.2 Å². The van der Waals surface area contributed by atoms with Crippen LogP contribution in [0, 0.1) is 0 Å². The van der Waals surface area contributed by atoms with Crippen molar-refractivity contribution in [2.45, 2.75) is 38.3 Å². The van der Waals surface area contributed by atoms with Gasteiger partial charge < -0.3 is 9.22 Å². The van der Waals surface area contributed by atoms with Gasteiger partial charge in [-0.15, -0.1) is 6.58 Å². The maximum absolute atomic E-state index is 12.6. The quantitative estimate of drug-likeness (QED) is 0.455. The average molecular weight is 288 g/mol. The van der Waals surface area contributed by atoms with Crippen molar-refractivity contribution in [3.63, 3.8) is 0 Å². The molecule has 0 saturated carbocycles. The number of ether oxygens (including phenoxy) is 1. The predicted molar refractivity (Wildman–Crippen MR) is 84.7 cm³/mol. The molecule has 1 aliphatic rings. The van der Waals surface area contributed by atoms with Gasteiger partial charge in [-0.1, -0.05) is 36.4 Å². The number of hydrogen-bond donors (Lipinski definition) is 0. The summed E-state index contributed by atoms with van der Waals surface area (Å²) in [6.07, 6.45) is 3.38. The fourth-order valence-electron chi connectivity index (χ4n) is 3.57. The van der Waals surface area contributed by atoms with E-state index in [9.17, 15) is 4.79 Å². The Bertz CT molecular complexity index is 513. The van der Waals surface area contributed by atoms with Gasteiger partial charge in [0, 0.05) is 12.0 Å². The van der Waals surface area contributed by atoms with Gasteiger partial charge in [0.25, 0.3) is 0 Å². The molecule has 1 heterocycles. The maximum atomic E-state index is 12.6. The normalized spacial score (nSPS) is 29.3. The van der Waals surface area contributed by atoms with E-state index in [0.717, 1.165) is 13.0 Å². The highest BCUT2D eigenvalue weighted by Crippen LogP contribution is 2.48. The van der Waals surface area contributed by atoms with Crippen LogP contribution < -0.4 is 0 Å². The van der Waals surface area contributed by atoms with Crippen molar-refractivity contribution >= 4 is 5.97 Å². The molecule has 1 fully saturated rings. The Morgan fingerprint density at radius 2 is 2.14 bits per heavy atom. The lowest BCUT2D eigenvalue weighted by molar-refractivity contribution is -1.01. The number of likely N-dealkylation sites (tertiary alicyclic amines) is 1. The van der Waals surface area contributed by atoms with Crippen LogP contribution in [0.15, 0.2) is 43.0 Å². The number of quaternary nitrogens is 1. The van der Waals surface area contributed by atoms with E-state index in [1.807, 2.05) is 19.1 Å². The van der Waals surface area contributed by atoms with E-state index >= 15 is 0 Å². The Balaban J connectivity index is 2.35. The molecular formula is C18H26NO2+. The van der Waals surface area contributed by atoms with Gasteiger partial charge in [0.2, 0.25) is 5.54 Å². The molecule has 0 radical (unpaired) electrons. The second-order valence-corrected chi connectivity index (χ2v) is 6.07. The summed E-state index contributed by atoms with van der Waals surface area (Å²) in [4.78, 5) is 12.6. The Kier molecular flexibility index (Phi) is 4.52. The summed E-state index contributed by atoms with van der Waals surface area (Å²) in [6, 6.07) is 10.7. The van der Waals surface area contributed by atoms with Crippen LogP contribution in [-0.2, 0) is 9.53 Å². The van der Waals surface area contributed by atoms with Gasteiger partial charge in [0.05, 0.1) is 26.6 Å². The highest BCUT2D eigenvalue weighted by atomic mass is 16.5. The third-order valence-corrected chi connectivity index (χ3v) is 5.24. The minimum absolute atomic E-state index is 0.0820. The topological polar surface area (TPSA) is 26.3 Å². The molecule has 21 heavy (non-hydrogen) atoms. The highest BCUT2D eigenvalue weighted by Gasteiger charge is 2.64. The minimum Gasteiger partial charge on any atom is -0.461 e. The number of rotatable bonds is 6. The van der Waals surface area contributed by atoms with Gasteiger partial charge in [0.1, 0.15) is 6.04 Å². The van der Waals surface area contributed by atoms with Crippen LogP contribution >= 0.6 is 0 Å². The number of hydrogen-bond acceptors (Lipinski definition) is 2. The minimum atomic E-state index is -0.479. The highest BCUT2D eigenvalue weighted by molar-refractivity contribution is 5.80. The molecule has 114 valence electrons. The van der Waals surface area contributed by atoms with Crippen molar-refractivity contribution in [3.8, 4) is 0 Å². The lowest BCUT2D eigenvalue weighted by Gasteiger charge is -2.59. The monoisotopic (exact) mass is 288 g/mol. The summed E-state index contributed by atoms with van der Waals surface area (Å²) in [5.41, 5.74) is 0.782. The number of carbonyl (C=O) groups excluding carboxylic acids is 1. The van der Waals surface area contributed by atoms with E-state index in [-0.39, 0.29) is 12.0 Å². The second-order valence-electron chi connectivity index (χ2n) is 6.07. The van der Waals surface area contributed by atoms with Crippen molar-refractivity contribution in [1.82, 2.24) is 0 Å². The molecule has 1 aromatic carbocycles. The van der Waals surface area contributed by atoms with Crippen molar-refractivity contribution in [2.24, 2.45) is 0 Å². The zero-order valence-corrected chi connectivity index (χ0v) is 13.3. The summed E-state index contributed by atoms with van der Waals surface area (Å²) in [5.74, 6) is -0.0820. The first-order valence-corrected chi connectivity index (χ1v) is 7.70. The summed E-state index contributed by atoms with van der Waals surface area (Å²) >= 11 is 0. The third-order valence-electron chi connectivity index (χ3n) is 5.24. The number of esters is 1. The zero-order chi connectivity index (χ0) is 15.5. The van der Waals surface area contributed by atoms with Crippen LogP contribution in [0.2, 0.25) is 0 Å². The molecule has 1 unspecified atom stereocenters. The van der Waals surface area contributed by atoms with Crippen molar-refractivity contribution < 1.29 is 14.0 Å². The summed E-state index contributed by atoms with van der Waals surface area (Å²) in [7, 11) is 2.17. The molecule has 1 aromatic rings. The molecule has 0 N–H and O–H groups in total. The van der Waals surface area contributed by atoms with E-state index in [1.165, 1.54) is 5.56 Å². The standard InChI is InChI=1S/C18H26NO2/c1-5-12-18(17(20)21-6-2)13-14-19(18,4)15(3)16-10-8-7-9-11-16/h5,7-11,15H,1,6,12-14H2,2-4H3/q+1/t15-,18+,19?/m0/s1. The first-order valence-electron chi connectivity index (χ1n) is 7.70. The van der Waals surface area contributed by atoms with Crippen molar-refractivity contribution in [2.75, 3.05) is 20.2 Å². The number of benzene rings is 1. The van der Waals surface area contributed by atoms with Crippen LogP contribution in [0.5, 0.6) is 0 Å². The third kappa shape index (κ3) is 2.40. The fourth-order valence-corrected chi connectivity index (χ4v) is 3.57. The molecular weight excluding hydrogens is 262 g/mol. The summed E-state index contributed by atoms with van der Waals surface area (Å²) < 4.78 is 6.08. The second kappa shape index (κ2) is 6.02. The summed E-state index contributed by atoms with van der Waals surface area (Å²) in [6.45, 7) is 9.33. The number of nitrogens with zero attached hydrogens (tertiary/aromatic N) is 1. The van der Waals surface area contributed by atoms with Gasteiger partial charge in [-0.3, -0.25) is 0 Å². The fraction of sp³-hybridized carbons (Fsp3) is 0.500.